The molecule has 0 amide bonds. The van der Waals surface area contributed by atoms with Gasteiger partial charge in [-0.15, -0.1) is 24.0 Å². The number of hydrogen-bond donors (Lipinski definition) is 2. The van der Waals surface area contributed by atoms with E-state index in [-0.39, 0.29) is 24.0 Å². The number of halogens is 3. The van der Waals surface area contributed by atoms with Crippen molar-refractivity contribution in [3.05, 3.63) is 28.2 Å². The predicted octanol–water partition coefficient (Wildman–Crippen LogP) is 4.42. The van der Waals surface area contributed by atoms with Crippen LogP contribution in [-0.2, 0) is 0 Å². The van der Waals surface area contributed by atoms with Gasteiger partial charge in [-0.05, 0) is 51.3 Å². The first kappa shape index (κ1) is 24.6. The Bertz CT molecular complexity index is 593. The first-order valence-electron chi connectivity index (χ1n) is 9.28. The quantitative estimate of drug-likeness (QED) is 0.238. The zero-order valence-corrected chi connectivity index (χ0v) is 20.1. The van der Waals surface area contributed by atoms with E-state index < -0.39 is 0 Å². The number of hydrogen-bond acceptors (Lipinski definition) is 3. The van der Waals surface area contributed by atoms with Crippen LogP contribution in [0.2, 0.25) is 10.0 Å². The first-order valence-corrected chi connectivity index (χ1v) is 10.0. The second-order valence-electron chi connectivity index (χ2n) is 6.82. The Kier molecular flexibility index (Phi) is 11.8. The molecule has 1 aliphatic heterocycles. The Morgan fingerprint density at radius 3 is 2.59 bits per heavy atom. The zero-order chi connectivity index (χ0) is 18.9. The van der Waals surface area contributed by atoms with Crippen molar-refractivity contribution in [1.29, 1.82) is 0 Å². The van der Waals surface area contributed by atoms with Crippen LogP contribution in [0.15, 0.2) is 23.2 Å². The van der Waals surface area contributed by atoms with Crippen LogP contribution >= 0.6 is 47.2 Å². The number of ether oxygens (including phenoxy) is 1. The molecule has 0 spiro atoms. The van der Waals surface area contributed by atoms with Crippen molar-refractivity contribution in [3.8, 4) is 5.75 Å². The molecule has 0 aromatic heterocycles. The maximum atomic E-state index is 6.10. The molecule has 0 bridgehead atoms. The van der Waals surface area contributed by atoms with Gasteiger partial charge in [-0.1, -0.05) is 23.2 Å². The molecule has 5 nitrogen and oxygen atoms in total. The van der Waals surface area contributed by atoms with Gasteiger partial charge in [0.25, 0.3) is 0 Å². The summed E-state index contributed by atoms with van der Waals surface area (Å²) in [7, 11) is 1.81. The molecule has 1 fully saturated rings. The number of rotatable bonds is 7. The largest absolute Gasteiger partial charge is 0.492 e. The van der Waals surface area contributed by atoms with Gasteiger partial charge in [0.15, 0.2) is 5.96 Å². The van der Waals surface area contributed by atoms with Crippen LogP contribution in [0.3, 0.4) is 0 Å². The van der Waals surface area contributed by atoms with E-state index in [9.17, 15) is 0 Å². The normalized spacial score (nSPS) is 16.1. The number of nitrogens with zero attached hydrogens (tertiary/aromatic N) is 2. The average molecular weight is 529 g/mol. The van der Waals surface area contributed by atoms with E-state index in [1.807, 2.05) is 7.05 Å². The van der Waals surface area contributed by atoms with Gasteiger partial charge in [-0.3, -0.25) is 4.99 Å². The molecule has 0 unspecified atom stereocenters. The Labute approximate surface area is 190 Å². The van der Waals surface area contributed by atoms with Crippen LogP contribution < -0.4 is 15.4 Å². The topological polar surface area (TPSA) is 48.9 Å². The molecule has 0 aliphatic carbocycles. The maximum absolute atomic E-state index is 6.10. The smallest absolute Gasteiger partial charge is 0.191 e. The SMILES string of the molecule is CN=C(NCCCOc1ccc(Cl)cc1Cl)NC1CCN(C(C)C)CC1.I. The van der Waals surface area contributed by atoms with Crippen molar-refractivity contribution in [2.75, 3.05) is 33.3 Å². The van der Waals surface area contributed by atoms with Crippen LogP contribution in [0.5, 0.6) is 5.75 Å². The summed E-state index contributed by atoms with van der Waals surface area (Å²) in [6.45, 7) is 8.17. The number of aliphatic imine (C=N–C) groups is 1. The van der Waals surface area contributed by atoms with Gasteiger partial charge in [-0.25, -0.2) is 0 Å². The lowest BCUT2D eigenvalue weighted by Crippen LogP contribution is -2.50. The second-order valence-corrected chi connectivity index (χ2v) is 7.67. The lowest BCUT2D eigenvalue weighted by atomic mass is 10.0. The van der Waals surface area contributed by atoms with Gasteiger partial charge in [0, 0.05) is 43.8 Å². The maximum Gasteiger partial charge on any atom is 0.191 e. The summed E-state index contributed by atoms with van der Waals surface area (Å²) in [6, 6.07) is 6.37. The molecule has 1 saturated heterocycles. The highest BCUT2D eigenvalue weighted by Gasteiger charge is 2.21. The van der Waals surface area contributed by atoms with Gasteiger partial charge in [-0.2, -0.15) is 0 Å². The Morgan fingerprint density at radius 1 is 1.30 bits per heavy atom. The van der Waals surface area contributed by atoms with Gasteiger partial charge in [0.05, 0.1) is 11.6 Å². The molecule has 1 aromatic carbocycles. The summed E-state index contributed by atoms with van der Waals surface area (Å²) >= 11 is 12.0. The molecule has 1 aliphatic rings. The number of benzene rings is 1. The number of nitrogens with one attached hydrogen (secondary N) is 2. The van der Waals surface area contributed by atoms with Gasteiger partial charge in [0.2, 0.25) is 0 Å². The minimum atomic E-state index is 0. The van der Waals surface area contributed by atoms with E-state index in [4.69, 9.17) is 27.9 Å². The van der Waals surface area contributed by atoms with Crippen LogP contribution in [0.4, 0.5) is 0 Å². The molecule has 0 saturated carbocycles. The molecule has 27 heavy (non-hydrogen) atoms. The fourth-order valence-corrected chi connectivity index (χ4v) is 3.46. The monoisotopic (exact) mass is 528 g/mol. The summed E-state index contributed by atoms with van der Waals surface area (Å²) < 4.78 is 5.69. The highest BCUT2D eigenvalue weighted by atomic mass is 127. The zero-order valence-electron chi connectivity index (χ0n) is 16.3. The van der Waals surface area contributed by atoms with E-state index in [0.717, 1.165) is 44.9 Å². The minimum Gasteiger partial charge on any atom is -0.492 e. The molecule has 1 aromatic rings. The summed E-state index contributed by atoms with van der Waals surface area (Å²) in [6.07, 6.45) is 3.15. The van der Waals surface area contributed by atoms with Crippen molar-refractivity contribution >= 4 is 53.1 Å². The van der Waals surface area contributed by atoms with Gasteiger partial charge < -0.3 is 20.3 Å². The van der Waals surface area contributed by atoms with E-state index >= 15 is 0 Å². The third kappa shape index (κ3) is 8.62. The molecule has 1 heterocycles. The minimum absolute atomic E-state index is 0. The standard InChI is InChI=1S/C19H30Cl2N4O.HI/c1-14(2)25-10-7-16(8-11-25)24-19(22-3)23-9-4-12-26-18-6-5-15(20)13-17(18)21;/h5-6,13-14,16H,4,7-12H2,1-3H3,(H2,22,23,24);1H. The summed E-state index contributed by atoms with van der Waals surface area (Å²) in [5.74, 6) is 1.52. The van der Waals surface area contributed by atoms with E-state index in [1.54, 1.807) is 18.2 Å². The molecule has 8 heteroatoms. The molecule has 0 radical (unpaired) electrons. The third-order valence-corrected chi connectivity index (χ3v) is 5.12. The van der Waals surface area contributed by atoms with Crippen LogP contribution in [0.25, 0.3) is 0 Å². The summed E-state index contributed by atoms with van der Waals surface area (Å²) in [5, 5.41) is 8.02. The Hall–Kier alpha value is -0.440. The van der Waals surface area contributed by atoms with E-state index in [0.29, 0.717) is 34.5 Å². The fourth-order valence-electron chi connectivity index (χ4n) is 3.00. The molecular formula is C19H31Cl2IN4O. The van der Waals surface area contributed by atoms with Crippen molar-refractivity contribution < 1.29 is 4.74 Å². The van der Waals surface area contributed by atoms with Gasteiger partial charge >= 0.3 is 0 Å². The average Bonchev–Trinajstić information content (AvgIpc) is 2.62. The van der Waals surface area contributed by atoms with Crippen molar-refractivity contribution in [2.45, 2.75) is 45.2 Å². The van der Waals surface area contributed by atoms with Crippen LogP contribution in [0, 0.1) is 0 Å². The number of likely N-dealkylation sites (tertiary alicyclic amines) is 1. The molecular weight excluding hydrogens is 498 g/mol. The fraction of sp³-hybridized carbons (Fsp3) is 0.632. The Balaban J connectivity index is 0.00000364. The molecule has 154 valence electrons. The van der Waals surface area contributed by atoms with Crippen LogP contribution in [-0.4, -0.2) is 56.2 Å². The number of guanidine groups is 1. The van der Waals surface area contributed by atoms with E-state index in [2.05, 4.69) is 34.4 Å². The van der Waals surface area contributed by atoms with Crippen molar-refractivity contribution in [2.24, 2.45) is 4.99 Å². The Morgan fingerprint density at radius 2 is 2.00 bits per heavy atom. The predicted molar refractivity (Wildman–Crippen MR) is 126 cm³/mol. The third-order valence-electron chi connectivity index (χ3n) is 4.59. The molecule has 0 atom stereocenters. The highest BCUT2D eigenvalue weighted by Crippen LogP contribution is 2.27. The lowest BCUT2D eigenvalue weighted by molar-refractivity contribution is 0.167. The van der Waals surface area contributed by atoms with E-state index in [1.165, 1.54) is 0 Å². The lowest BCUT2D eigenvalue weighted by Gasteiger charge is -2.35. The number of piperidine rings is 1. The van der Waals surface area contributed by atoms with Crippen molar-refractivity contribution in [3.63, 3.8) is 0 Å². The molecule has 2 N–H and O–H groups in total. The summed E-state index contributed by atoms with van der Waals surface area (Å²) in [4.78, 5) is 6.84. The van der Waals surface area contributed by atoms with Gasteiger partial charge in [0.1, 0.15) is 5.75 Å². The first-order chi connectivity index (χ1) is 12.5. The van der Waals surface area contributed by atoms with Crippen molar-refractivity contribution in [1.82, 2.24) is 15.5 Å². The van der Waals surface area contributed by atoms with Crippen LogP contribution in [0.1, 0.15) is 33.1 Å². The second kappa shape index (κ2) is 12.9. The highest BCUT2D eigenvalue weighted by molar-refractivity contribution is 14.0. The summed E-state index contributed by atoms with van der Waals surface area (Å²) in [5.41, 5.74) is 0. The molecule has 2 rings (SSSR count).